The summed E-state index contributed by atoms with van der Waals surface area (Å²) in [6, 6.07) is 27.0. The molecule has 3 rings (SSSR count). The Balaban J connectivity index is 1.56. The van der Waals surface area contributed by atoms with Crippen LogP contribution in [0.4, 0.5) is 0 Å². The molecule has 2 nitrogen and oxygen atoms in total. The minimum Gasteiger partial charge on any atom is -0.457 e. The van der Waals surface area contributed by atoms with Crippen molar-refractivity contribution in [2.45, 2.75) is 12.8 Å². The number of Topliss-reactive ketones (excluding diaryl/α,β-unsaturated/α-hetero) is 1. The van der Waals surface area contributed by atoms with Crippen molar-refractivity contribution in [2.75, 3.05) is 0 Å². The fraction of sp³-hybridized carbons (Fsp3) is 0.0952. The number of hydrogen-bond donors (Lipinski definition) is 0. The second-order valence-corrected chi connectivity index (χ2v) is 5.35. The normalized spacial score (nSPS) is 10.3. The van der Waals surface area contributed by atoms with E-state index in [4.69, 9.17) is 4.74 Å². The van der Waals surface area contributed by atoms with Gasteiger partial charge in [0.1, 0.15) is 11.5 Å². The van der Waals surface area contributed by atoms with Gasteiger partial charge in [0, 0.05) is 12.0 Å². The van der Waals surface area contributed by atoms with Crippen LogP contribution in [0.5, 0.6) is 11.5 Å². The number of ether oxygens (including phenoxy) is 1. The monoisotopic (exact) mass is 302 g/mol. The predicted octanol–water partition coefficient (Wildman–Crippen LogP) is 5.29. The summed E-state index contributed by atoms with van der Waals surface area (Å²) in [5.74, 6) is 1.80. The Hall–Kier alpha value is -2.87. The van der Waals surface area contributed by atoms with Crippen LogP contribution in [0.25, 0.3) is 0 Å². The summed E-state index contributed by atoms with van der Waals surface area (Å²) in [5.41, 5.74) is 1.91. The second-order valence-electron chi connectivity index (χ2n) is 5.35. The van der Waals surface area contributed by atoms with Gasteiger partial charge in [0.25, 0.3) is 0 Å². The van der Waals surface area contributed by atoms with E-state index >= 15 is 0 Å². The van der Waals surface area contributed by atoms with Crippen molar-refractivity contribution in [3.63, 3.8) is 0 Å². The number of carbonyl (C=O) groups is 1. The van der Waals surface area contributed by atoms with Gasteiger partial charge in [0.05, 0.1) is 0 Å². The van der Waals surface area contributed by atoms with Crippen LogP contribution in [0.2, 0.25) is 0 Å². The van der Waals surface area contributed by atoms with Crippen LogP contribution < -0.4 is 4.74 Å². The van der Waals surface area contributed by atoms with Crippen molar-refractivity contribution in [3.05, 3.63) is 96.1 Å². The van der Waals surface area contributed by atoms with Gasteiger partial charge in [-0.1, -0.05) is 60.7 Å². The van der Waals surface area contributed by atoms with Crippen molar-refractivity contribution in [1.29, 1.82) is 0 Å². The fourth-order valence-electron chi connectivity index (χ4n) is 2.38. The number of hydrogen-bond acceptors (Lipinski definition) is 2. The van der Waals surface area contributed by atoms with Crippen LogP contribution in [0.3, 0.4) is 0 Å². The molecule has 23 heavy (non-hydrogen) atoms. The number of aryl methyl sites for hydroxylation is 1. The first-order chi connectivity index (χ1) is 11.3. The molecule has 0 aliphatic rings. The molecule has 0 aliphatic heterocycles. The third-order valence-electron chi connectivity index (χ3n) is 3.64. The predicted molar refractivity (Wildman–Crippen MR) is 92.1 cm³/mol. The Morgan fingerprint density at radius 1 is 0.696 bits per heavy atom. The highest BCUT2D eigenvalue weighted by Crippen LogP contribution is 2.21. The highest BCUT2D eigenvalue weighted by Gasteiger charge is 2.05. The quantitative estimate of drug-likeness (QED) is 0.578. The summed E-state index contributed by atoms with van der Waals surface area (Å²) in [7, 11) is 0. The molecular formula is C21H18O2. The van der Waals surface area contributed by atoms with Crippen molar-refractivity contribution in [2.24, 2.45) is 0 Å². The third kappa shape index (κ3) is 4.30. The molecule has 0 fully saturated rings. The summed E-state index contributed by atoms with van der Waals surface area (Å²) < 4.78 is 5.76. The Labute approximate surface area is 136 Å². The van der Waals surface area contributed by atoms with Crippen LogP contribution in [0, 0.1) is 0 Å². The van der Waals surface area contributed by atoms with E-state index < -0.39 is 0 Å². The molecule has 0 radical (unpaired) electrons. The number of carbonyl (C=O) groups excluding carboxylic acids is 1. The van der Waals surface area contributed by atoms with E-state index in [-0.39, 0.29) is 5.78 Å². The lowest BCUT2D eigenvalue weighted by atomic mass is 10.0. The zero-order chi connectivity index (χ0) is 15.9. The first-order valence-electron chi connectivity index (χ1n) is 7.71. The van der Waals surface area contributed by atoms with Crippen molar-refractivity contribution in [3.8, 4) is 11.5 Å². The standard InChI is InChI=1S/C21H18O2/c22-21(18-7-3-1-4-8-18)16-13-17-11-14-20(15-12-17)23-19-9-5-2-6-10-19/h1-12,14-15H,13,16H2. The number of para-hydroxylation sites is 1. The molecule has 0 saturated carbocycles. The number of benzene rings is 3. The molecule has 0 heterocycles. The van der Waals surface area contributed by atoms with E-state index in [9.17, 15) is 4.79 Å². The molecule has 3 aromatic rings. The zero-order valence-electron chi connectivity index (χ0n) is 12.8. The molecule has 0 amide bonds. The van der Waals surface area contributed by atoms with Crippen molar-refractivity contribution in [1.82, 2.24) is 0 Å². The van der Waals surface area contributed by atoms with Crippen LogP contribution in [0.15, 0.2) is 84.9 Å². The van der Waals surface area contributed by atoms with Gasteiger partial charge in [0.2, 0.25) is 0 Å². The smallest absolute Gasteiger partial charge is 0.163 e. The molecular weight excluding hydrogens is 284 g/mol. The molecule has 0 N–H and O–H groups in total. The van der Waals surface area contributed by atoms with Gasteiger partial charge >= 0.3 is 0 Å². The summed E-state index contributed by atoms with van der Waals surface area (Å²) in [4.78, 5) is 12.1. The van der Waals surface area contributed by atoms with E-state index in [1.165, 1.54) is 0 Å². The van der Waals surface area contributed by atoms with Gasteiger partial charge in [0.15, 0.2) is 5.78 Å². The first-order valence-corrected chi connectivity index (χ1v) is 7.71. The van der Waals surface area contributed by atoms with Gasteiger partial charge in [-0.3, -0.25) is 4.79 Å². The molecule has 0 saturated heterocycles. The van der Waals surface area contributed by atoms with Gasteiger partial charge in [-0.05, 0) is 36.2 Å². The maximum absolute atomic E-state index is 12.1. The molecule has 0 unspecified atom stereocenters. The van der Waals surface area contributed by atoms with E-state index in [1.54, 1.807) is 0 Å². The van der Waals surface area contributed by atoms with Gasteiger partial charge in [-0.15, -0.1) is 0 Å². The minimum atomic E-state index is 0.176. The van der Waals surface area contributed by atoms with E-state index in [1.807, 2.05) is 84.9 Å². The maximum atomic E-state index is 12.1. The average molecular weight is 302 g/mol. The molecule has 2 heteroatoms. The first kappa shape index (κ1) is 15.0. The molecule has 0 atom stereocenters. The molecule has 0 bridgehead atoms. The summed E-state index contributed by atoms with van der Waals surface area (Å²) in [5, 5.41) is 0. The highest BCUT2D eigenvalue weighted by atomic mass is 16.5. The van der Waals surface area contributed by atoms with E-state index in [0.717, 1.165) is 29.0 Å². The highest BCUT2D eigenvalue weighted by molar-refractivity contribution is 5.96. The van der Waals surface area contributed by atoms with E-state index in [0.29, 0.717) is 6.42 Å². The largest absolute Gasteiger partial charge is 0.457 e. The molecule has 0 aliphatic carbocycles. The second kappa shape index (κ2) is 7.41. The zero-order valence-corrected chi connectivity index (χ0v) is 12.8. The molecule has 0 spiro atoms. The van der Waals surface area contributed by atoms with Gasteiger partial charge in [-0.2, -0.15) is 0 Å². The fourth-order valence-corrected chi connectivity index (χ4v) is 2.38. The summed E-state index contributed by atoms with van der Waals surface area (Å²) >= 11 is 0. The van der Waals surface area contributed by atoms with Crippen LogP contribution in [0.1, 0.15) is 22.3 Å². The molecule has 0 aromatic heterocycles. The van der Waals surface area contributed by atoms with Crippen molar-refractivity contribution < 1.29 is 9.53 Å². The van der Waals surface area contributed by atoms with Crippen LogP contribution in [-0.4, -0.2) is 5.78 Å². The van der Waals surface area contributed by atoms with E-state index in [2.05, 4.69) is 0 Å². The third-order valence-corrected chi connectivity index (χ3v) is 3.64. The Morgan fingerprint density at radius 3 is 1.91 bits per heavy atom. The van der Waals surface area contributed by atoms with Crippen LogP contribution >= 0.6 is 0 Å². The van der Waals surface area contributed by atoms with Gasteiger partial charge < -0.3 is 4.74 Å². The maximum Gasteiger partial charge on any atom is 0.163 e. The SMILES string of the molecule is O=C(CCc1ccc(Oc2ccccc2)cc1)c1ccccc1. The summed E-state index contributed by atoms with van der Waals surface area (Å²) in [6.45, 7) is 0. The number of rotatable bonds is 6. The lowest BCUT2D eigenvalue weighted by Crippen LogP contribution is -2.00. The number of ketones is 1. The molecule has 114 valence electrons. The Morgan fingerprint density at radius 2 is 1.26 bits per heavy atom. The Bertz CT molecular complexity index is 747. The van der Waals surface area contributed by atoms with Crippen molar-refractivity contribution >= 4 is 5.78 Å². The van der Waals surface area contributed by atoms with Gasteiger partial charge in [-0.25, -0.2) is 0 Å². The molecule has 3 aromatic carbocycles. The average Bonchev–Trinajstić information content (AvgIpc) is 2.62. The Kier molecular flexibility index (Phi) is 4.85. The lowest BCUT2D eigenvalue weighted by Gasteiger charge is -2.06. The minimum absolute atomic E-state index is 0.176. The van der Waals surface area contributed by atoms with Crippen LogP contribution in [-0.2, 0) is 6.42 Å². The topological polar surface area (TPSA) is 26.3 Å². The summed E-state index contributed by atoms with van der Waals surface area (Å²) in [6.07, 6.45) is 1.25. The lowest BCUT2D eigenvalue weighted by molar-refractivity contribution is 0.0983.